The minimum absolute atomic E-state index is 0.176. The number of hydrogen-bond donors (Lipinski definition) is 1. The summed E-state index contributed by atoms with van der Waals surface area (Å²) in [7, 11) is 0. The number of hydrogen-bond acceptors (Lipinski definition) is 3. The largest absolute Gasteiger partial charge is 0.321 e. The van der Waals surface area contributed by atoms with Gasteiger partial charge in [-0.05, 0) is 25.5 Å². The van der Waals surface area contributed by atoms with Gasteiger partial charge in [-0.25, -0.2) is 0 Å². The van der Waals surface area contributed by atoms with E-state index in [1.807, 2.05) is 32.0 Å². The quantitative estimate of drug-likeness (QED) is 0.806. The summed E-state index contributed by atoms with van der Waals surface area (Å²) in [4.78, 5) is 11.7. The van der Waals surface area contributed by atoms with Crippen LogP contribution in [0.1, 0.15) is 17.5 Å². The first kappa shape index (κ1) is 10.5. The van der Waals surface area contributed by atoms with E-state index in [1.54, 1.807) is 6.21 Å². The Hall–Kier alpha value is -1.97. The molecule has 0 bridgehead atoms. The first-order chi connectivity index (χ1) is 7.66. The maximum absolute atomic E-state index is 11.7. The molecule has 0 spiro atoms. The van der Waals surface area contributed by atoms with Gasteiger partial charge in [-0.2, -0.15) is 5.10 Å². The number of anilines is 1. The lowest BCUT2D eigenvalue weighted by Crippen LogP contribution is -2.22. The molecule has 0 aromatic heterocycles. The van der Waals surface area contributed by atoms with E-state index in [0.29, 0.717) is 12.1 Å². The second kappa shape index (κ2) is 4.26. The molecule has 0 aliphatic carbocycles. The fourth-order valence-electron chi connectivity index (χ4n) is 1.57. The fraction of sp³-hybridized carbons (Fsp3) is 0.250. The summed E-state index contributed by atoms with van der Waals surface area (Å²) in [6.07, 6.45) is 2.13. The van der Waals surface area contributed by atoms with Crippen LogP contribution in [0.25, 0.3) is 0 Å². The van der Waals surface area contributed by atoms with Crippen molar-refractivity contribution in [3.63, 3.8) is 0 Å². The number of nitrogens with one attached hydrogen (secondary N) is 1. The molecule has 2 rings (SSSR count). The van der Waals surface area contributed by atoms with E-state index in [0.717, 1.165) is 11.3 Å². The number of benzene rings is 1. The van der Waals surface area contributed by atoms with Gasteiger partial charge in [0.05, 0.1) is 0 Å². The highest BCUT2D eigenvalue weighted by molar-refractivity contribution is 6.45. The van der Waals surface area contributed by atoms with Crippen LogP contribution in [0.5, 0.6) is 0 Å². The lowest BCUT2D eigenvalue weighted by molar-refractivity contribution is -0.110. The Kier molecular flexibility index (Phi) is 2.81. The van der Waals surface area contributed by atoms with Crippen molar-refractivity contribution in [2.45, 2.75) is 20.3 Å². The van der Waals surface area contributed by atoms with Gasteiger partial charge in [-0.15, -0.1) is 5.10 Å². The van der Waals surface area contributed by atoms with Crippen molar-refractivity contribution in [1.82, 2.24) is 0 Å². The average molecular weight is 215 g/mol. The van der Waals surface area contributed by atoms with Gasteiger partial charge < -0.3 is 5.32 Å². The van der Waals surface area contributed by atoms with Gasteiger partial charge in [0, 0.05) is 18.3 Å². The van der Waals surface area contributed by atoms with Crippen molar-refractivity contribution in [1.29, 1.82) is 0 Å². The molecular formula is C12H13N3O. The third-order valence-corrected chi connectivity index (χ3v) is 2.44. The SMILES string of the molecule is Cc1ccc(NC(=O)C2=NN=CC2)c(C)c1. The van der Waals surface area contributed by atoms with E-state index < -0.39 is 0 Å². The highest BCUT2D eigenvalue weighted by atomic mass is 16.2. The lowest BCUT2D eigenvalue weighted by atomic mass is 10.1. The van der Waals surface area contributed by atoms with Crippen LogP contribution in [-0.4, -0.2) is 17.8 Å². The number of aryl methyl sites for hydroxylation is 2. The maximum atomic E-state index is 11.7. The van der Waals surface area contributed by atoms with Crippen LogP contribution in [0.15, 0.2) is 28.4 Å². The van der Waals surface area contributed by atoms with E-state index in [-0.39, 0.29) is 5.91 Å². The second-order valence-electron chi connectivity index (χ2n) is 3.82. The number of amides is 1. The first-order valence-electron chi connectivity index (χ1n) is 5.14. The second-order valence-corrected chi connectivity index (χ2v) is 3.82. The molecule has 4 nitrogen and oxygen atoms in total. The summed E-state index contributed by atoms with van der Waals surface area (Å²) in [5, 5.41) is 10.2. The van der Waals surface area contributed by atoms with Crippen LogP contribution in [0, 0.1) is 13.8 Å². The molecular weight excluding hydrogens is 202 g/mol. The van der Waals surface area contributed by atoms with E-state index in [4.69, 9.17) is 0 Å². The smallest absolute Gasteiger partial charge is 0.272 e. The Balaban J connectivity index is 2.12. The van der Waals surface area contributed by atoms with Crippen molar-refractivity contribution in [2.24, 2.45) is 10.2 Å². The van der Waals surface area contributed by atoms with Crippen LogP contribution in [-0.2, 0) is 4.79 Å². The van der Waals surface area contributed by atoms with Gasteiger partial charge in [0.2, 0.25) is 0 Å². The molecule has 0 fully saturated rings. The molecule has 1 N–H and O–H groups in total. The van der Waals surface area contributed by atoms with E-state index in [2.05, 4.69) is 15.5 Å². The standard InChI is InChI=1S/C12H13N3O/c1-8-3-4-10(9(2)7-8)14-12(16)11-5-6-13-15-11/h3-4,6-7H,5H2,1-2H3,(H,14,16). The predicted molar refractivity (Wildman–Crippen MR) is 65.1 cm³/mol. The van der Waals surface area contributed by atoms with Crippen molar-refractivity contribution < 1.29 is 4.79 Å². The monoisotopic (exact) mass is 215 g/mol. The van der Waals surface area contributed by atoms with Crippen LogP contribution in [0.2, 0.25) is 0 Å². The lowest BCUT2D eigenvalue weighted by Gasteiger charge is -2.08. The summed E-state index contributed by atoms with van der Waals surface area (Å²) >= 11 is 0. The molecule has 1 aliphatic heterocycles. The topological polar surface area (TPSA) is 53.8 Å². The van der Waals surface area contributed by atoms with Crippen molar-refractivity contribution in [3.8, 4) is 0 Å². The van der Waals surface area contributed by atoms with E-state index in [9.17, 15) is 4.79 Å². The third-order valence-electron chi connectivity index (χ3n) is 2.44. The molecule has 0 atom stereocenters. The van der Waals surface area contributed by atoms with E-state index >= 15 is 0 Å². The fourth-order valence-corrected chi connectivity index (χ4v) is 1.57. The average Bonchev–Trinajstić information content (AvgIpc) is 2.75. The summed E-state index contributed by atoms with van der Waals surface area (Å²) in [6.45, 7) is 3.99. The number of rotatable bonds is 2. The molecule has 1 aromatic carbocycles. The molecule has 0 saturated heterocycles. The molecule has 1 heterocycles. The maximum Gasteiger partial charge on any atom is 0.272 e. The van der Waals surface area contributed by atoms with Gasteiger partial charge in [0.25, 0.3) is 5.91 Å². The molecule has 82 valence electrons. The minimum Gasteiger partial charge on any atom is -0.321 e. The highest BCUT2D eigenvalue weighted by Gasteiger charge is 2.14. The minimum atomic E-state index is -0.176. The van der Waals surface area contributed by atoms with Gasteiger partial charge in [0.15, 0.2) is 0 Å². The van der Waals surface area contributed by atoms with E-state index in [1.165, 1.54) is 5.56 Å². The molecule has 4 heteroatoms. The zero-order chi connectivity index (χ0) is 11.5. The Morgan fingerprint density at radius 3 is 2.81 bits per heavy atom. The Morgan fingerprint density at radius 1 is 1.38 bits per heavy atom. The molecule has 1 aliphatic rings. The summed E-state index contributed by atoms with van der Waals surface area (Å²) in [5.41, 5.74) is 3.51. The predicted octanol–water partition coefficient (Wildman–Crippen LogP) is 2.07. The van der Waals surface area contributed by atoms with Gasteiger partial charge in [-0.3, -0.25) is 4.79 Å². The van der Waals surface area contributed by atoms with Crippen molar-refractivity contribution in [2.75, 3.05) is 5.32 Å². The molecule has 1 amide bonds. The van der Waals surface area contributed by atoms with Crippen molar-refractivity contribution in [3.05, 3.63) is 29.3 Å². The van der Waals surface area contributed by atoms with Gasteiger partial charge >= 0.3 is 0 Å². The van der Waals surface area contributed by atoms with Crippen LogP contribution in [0.4, 0.5) is 5.69 Å². The molecule has 0 saturated carbocycles. The highest BCUT2D eigenvalue weighted by Crippen LogP contribution is 2.16. The Labute approximate surface area is 94.1 Å². The molecule has 1 aromatic rings. The number of nitrogens with zero attached hydrogens (tertiary/aromatic N) is 2. The molecule has 0 unspecified atom stereocenters. The number of carbonyl (C=O) groups excluding carboxylic acids is 1. The summed E-state index contributed by atoms with van der Waals surface area (Å²) in [5.74, 6) is -0.176. The Morgan fingerprint density at radius 2 is 2.19 bits per heavy atom. The molecule has 0 radical (unpaired) electrons. The third kappa shape index (κ3) is 2.16. The first-order valence-corrected chi connectivity index (χ1v) is 5.14. The summed E-state index contributed by atoms with van der Waals surface area (Å²) in [6, 6.07) is 5.90. The zero-order valence-corrected chi connectivity index (χ0v) is 9.32. The van der Waals surface area contributed by atoms with Gasteiger partial charge in [-0.1, -0.05) is 17.7 Å². The molecule has 16 heavy (non-hydrogen) atoms. The van der Waals surface area contributed by atoms with Gasteiger partial charge in [0.1, 0.15) is 5.71 Å². The van der Waals surface area contributed by atoms with Crippen LogP contribution in [0.3, 0.4) is 0 Å². The Bertz CT molecular complexity index is 489. The van der Waals surface area contributed by atoms with Crippen LogP contribution >= 0.6 is 0 Å². The summed E-state index contributed by atoms with van der Waals surface area (Å²) < 4.78 is 0. The normalized spacial score (nSPS) is 13.8. The zero-order valence-electron chi connectivity index (χ0n) is 9.32. The van der Waals surface area contributed by atoms with Crippen molar-refractivity contribution >= 4 is 23.5 Å². The number of carbonyl (C=O) groups is 1. The van der Waals surface area contributed by atoms with Crippen LogP contribution < -0.4 is 5.32 Å².